The van der Waals surface area contributed by atoms with E-state index in [1.165, 1.54) is 32.3 Å². The topological polar surface area (TPSA) is 79.6 Å². The number of nitrogens with zero attached hydrogens (tertiary/aromatic N) is 2. The SMILES string of the molecule is CN(C)S(=O)(=O)c1cccc(C#Cc2cccc(C(=O)O)c2-n2cccc2)c1. The Labute approximate surface area is 163 Å². The Bertz CT molecular complexity index is 1180. The van der Waals surface area contributed by atoms with E-state index in [0.717, 1.165) is 4.31 Å². The van der Waals surface area contributed by atoms with Crippen LogP contribution < -0.4 is 0 Å². The Morgan fingerprint density at radius 3 is 2.32 bits per heavy atom. The van der Waals surface area contributed by atoms with Crippen LogP contribution in [0.2, 0.25) is 0 Å². The van der Waals surface area contributed by atoms with E-state index in [1.54, 1.807) is 53.4 Å². The van der Waals surface area contributed by atoms with E-state index < -0.39 is 16.0 Å². The van der Waals surface area contributed by atoms with Gasteiger partial charge in [0.05, 0.1) is 16.1 Å². The monoisotopic (exact) mass is 394 g/mol. The summed E-state index contributed by atoms with van der Waals surface area (Å²) in [7, 11) is -0.627. The number of hydrogen-bond acceptors (Lipinski definition) is 3. The molecule has 28 heavy (non-hydrogen) atoms. The van der Waals surface area contributed by atoms with Crippen LogP contribution in [-0.2, 0) is 10.0 Å². The van der Waals surface area contributed by atoms with E-state index in [0.29, 0.717) is 16.8 Å². The fourth-order valence-corrected chi connectivity index (χ4v) is 3.61. The van der Waals surface area contributed by atoms with Crippen LogP contribution in [0.15, 0.2) is 71.9 Å². The molecule has 0 spiro atoms. The van der Waals surface area contributed by atoms with Crippen molar-refractivity contribution < 1.29 is 18.3 Å². The first-order valence-corrected chi connectivity index (χ1v) is 9.79. The first kappa shape index (κ1) is 19.4. The Morgan fingerprint density at radius 2 is 1.68 bits per heavy atom. The van der Waals surface area contributed by atoms with Gasteiger partial charge in [-0.3, -0.25) is 0 Å². The van der Waals surface area contributed by atoms with Crippen LogP contribution in [0.25, 0.3) is 5.69 Å². The molecule has 0 saturated heterocycles. The van der Waals surface area contributed by atoms with Crippen molar-refractivity contribution >= 4 is 16.0 Å². The molecule has 0 saturated carbocycles. The molecule has 0 fully saturated rings. The van der Waals surface area contributed by atoms with E-state index in [1.807, 2.05) is 0 Å². The number of carbonyl (C=O) groups is 1. The highest BCUT2D eigenvalue weighted by atomic mass is 32.2. The van der Waals surface area contributed by atoms with Gasteiger partial charge in [-0.25, -0.2) is 17.5 Å². The third-order valence-corrected chi connectivity index (χ3v) is 5.89. The summed E-state index contributed by atoms with van der Waals surface area (Å²) in [6.45, 7) is 0. The summed E-state index contributed by atoms with van der Waals surface area (Å²) in [5, 5.41) is 9.52. The van der Waals surface area contributed by atoms with Crippen molar-refractivity contribution in [3.63, 3.8) is 0 Å². The molecule has 142 valence electrons. The molecular formula is C21H18N2O4S. The second-order valence-corrected chi connectivity index (χ2v) is 8.31. The predicted molar refractivity (Wildman–Crippen MR) is 106 cm³/mol. The molecule has 3 rings (SSSR count). The van der Waals surface area contributed by atoms with Crippen molar-refractivity contribution in [1.82, 2.24) is 8.87 Å². The van der Waals surface area contributed by atoms with Crippen LogP contribution in [0.4, 0.5) is 0 Å². The smallest absolute Gasteiger partial charge is 0.337 e. The second-order valence-electron chi connectivity index (χ2n) is 6.16. The fourth-order valence-electron chi connectivity index (χ4n) is 2.66. The Morgan fingerprint density at radius 1 is 1.00 bits per heavy atom. The average molecular weight is 394 g/mol. The normalized spacial score (nSPS) is 11.1. The van der Waals surface area contributed by atoms with Gasteiger partial charge in [-0.05, 0) is 42.5 Å². The molecule has 1 N–H and O–H groups in total. The largest absolute Gasteiger partial charge is 0.478 e. The summed E-state index contributed by atoms with van der Waals surface area (Å²) < 4.78 is 27.4. The lowest BCUT2D eigenvalue weighted by molar-refractivity contribution is 0.0697. The van der Waals surface area contributed by atoms with Crippen LogP contribution in [0, 0.1) is 11.8 Å². The fraction of sp³-hybridized carbons (Fsp3) is 0.0952. The number of carboxylic acids is 1. The molecule has 6 nitrogen and oxygen atoms in total. The lowest BCUT2D eigenvalue weighted by Crippen LogP contribution is -2.22. The van der Waals surface area contributed by atoms with Gasteiger partial charge in [-0.15, -0.1) is 0 Å². The minimum atomic E-state index is -3.56. The van der Waals surface area contributed by atoms with Crippen LogP contribution in [-0.4, -0.2) is 42.5 Å². The van der Waals surface area contributed by atoms with Gasteiger partial charge in [0.1, 0.15) is 0 Å². The minimum Gasteiger partial charge on any atom is -0.478 e. The minimum absolute atomic E-state index is 0.131. The standard InChI is InChI=1S/C21H18N2O4S/c1-22(2)28(26,27)18-9-5-7-16(15-18)11-12-17-8-6-10-19(21(24)25)20(17)23-13-3-4-14-23/h3-10,13-15H,1-2H3,(H,24,25). The molecule has 0 bridgehead atoms. The number of benzene rings is 2. The maximum atomic E-state index is 12.3. The summed E-state index contributed by atoms with van der Waals surface area (Å²) in [6.07, 6.45) is 3.49. The van der Waals surface area contributed by atoms with Crippen molar-refractivity contribution in [3.8, 4) is 17.5 Å². The van der Waals surface area contributed by atoms with Gasteiger partial charge in [-0.1, -0.05) is 24.0 Å². The summed E-state index contributed by atoms with van der Waals surface area (Å²) in [5.74, 6) is 4.87. The van der Waals surface area contributed by atoms with Crippen LogP contribution in [0.3, 0.4) is 0 Å². The molecule has 1 aromatic heterocycles. The Kier molecular flexibility index (Phi) is 5.36. The first-order chi connectivity index (χ1) is 13.3. The van der Waals surface area contributed by atoms with Gasteiger partial charge in [-0.2, -0.15) is 0 Å². The highest BCUT2D eigenvalue weighted by molar-refractivity contribution is 7.89. The highest BCUT2D eigenvalue weighted by Crippen LogP contribution is 2.20. The summed E-state index contributed by atoms with van der Waals surface area (Å²) in [5.41, 5.74) is 1.63. The zero-order valence-electron chi connectivity index (χ0n) is 15.3. The van der Waals surface area contributed by atoms with Crippen LogP contribution in [0.1, 0.15) is 21.5 Å². The van der Waals surface area contributed by atoms with Gasteiger partial charge < -0.3 is 9.67 Å². The molecular weight excluding hydrogens is 376 g/mol. The Hall–Kier alpha value is -3.34. The lowest BCUT2D eigenvalue weighted by atomic mass is 10.1. The quantitative estimate of drug-likeness (QED) is 0.690. The van der Waals surface area contributed by atoms with Crippen LogP contribution >= 0.6 is 0 Å². The van der Waals surface area contributed by atoms with Gasteiger partial charge in [0.15, 0.2) is 0 Å². The maximum Gasteiger partial charge on any atom is 0.337 e. The van der Waals surface area contributed by atoms with E-state index in [9.17, 15) is 18.3 Å². The first-order valence-electron chi connectivity index (χ1n) is 8.35. The van der Waals surface area contributed by atoms with Crippen LogP contribution in [0.5, 0.6) is 0 Å². The molecule has 0 aliphatic rings. The predicted octanol–water partition coefficient (Wildman–Crippen LogP) is 2.83. The summed E-state index contributed by atoms with van der Waals surface area (Å²) in [4.78, 5) is 11.8. The van der Waals surface area contributed by atoms with Crippen molar-refractivity contribution in [2.45, 2.75) is 4.90 Å². The highest BCUT2D eigenvalue weighted by Gasteiger charge is 2.17. The summed E-state index contributed by atoms with van der Waals surface area (Å²) >= 11 is 0. The molecule has 7 heteroatoms. The zero-order valence-corrected chi connectivity index (χ0v) is 16.1. The molecule has 1 heterocycles. The molecule has 3 aromatic rings. The molecule has 0 atom stereocenters. The van der Waals surface area contributed by atoms with E-state index in [2.05, 4.69) is 11.8 Å². The molecule has 0 aliphatic heterocycles. The number of carboxylic acid groups (broad SMARTS) is 1. The molecule has 2 aromatic carbocycles. The van der Waals surface area contributed by atoms with E-state index >= 15 is 0 Å². The maximum absolute atomic E-state index is 12.3. The van der Waals surface area contributed by atoms with E-state index in [-0.39, 0.29) is 10.5 Å². The number of hydrogen-bond donors (Lipinski definition) is 1. The van der Waals surface area contributed by atoms with Crippen molar-refractivity contribution in [2.24, 2.45) is 0 Å². The lowest BCUT2D eigenvalue weighted by Gasteiger charge is -2.11. The third kappa shape index (κ3) is 3.83. The van der Waals surface area contributed by atoms with Crippen molar-refractivity contribution in [3.05, 3.63) is 83.7 Å². The second kappa shape index (κ2) is 7.72. The van der Waals surface area contributed by atoms with E-state index in [4.69, 9.17) is 0 Å². The Balaban J connectivity index is 2.09. The third-order valence-electron chi connectivity index (χ3n) is 4.08. The molecule has 0 aliphatic carbocycles. The number of aromatic carboxylic acids is 1. The molecule has 0 radical (unpaired) electrons. The average Bonchev–Trinajstić information content (AvgIpc) is 3.20. The number of sulfonamides is 1. The van der Waals surface area contributed by atoms with Gasteiger partial charge in [0.25, 0.3) is 0 Å². The van der Waals surface area contributed by atoms with Crippen molar-refractivity contribution in [1.29, 1.82) is 0 Å². The summed E-state index contributed by atoms with van der Waals surface area (Å²) in [6, 6.07) is 14.8. The van der Waals surface area contributed by atoms with Gasteiger partial charge in [0, 0.05) is 37.6 Å². The van der Waals surface area contributed by atoms with Crippen molar-refractivity contribution in [2.75, 3.05) is 14.1 Å². The molecule has 0 amide bonds. The molecule has 0 unspecified atom stereocenters. The number of aromatic nitrogens is 1. The van der Waals surface area contributed by atoms with Gasteiger partial charge in [0.2, 0.25) is 10.0 Å². The number of rotatable bonds is 4. The van der Waals surface area contributed by atoms with Gasteiger partial charge >= 0.3 is 5.97 Å². The zero-order chi connectivity index (χ0) is 20.3. The number of para-hydroxylation sites is 1.